The maximum absolute atomic E-state index is 11.6. The van der Waals surface area contributed by atoms with Crippen molar-refractivity contribution in [2.75, 3.05) is 44.7 Å². The van der Waals surface area contributed by atoms with E-state index in [0.717, 1.165) is 26.2 Å². The van der Waals surface area contributed by atoms with Crippen molar-refractivity contribution in [3.8, 4) is 0 Å². The second-order valence-corrected chi connectivity index (χ2v) is 4.83. The molecule has 1 amide bonds. The molecule has 1 atom stereocenters. The number of nitrogens with zero attached hydrogens (tertiary/aromatic N) is 2. The van der Waals surface area contributed by atoms with Crippen LogP contribution in [-0.2, 0) is 4.79 Å². The molecule has 0 bridgehead atoms. The summed E-state index contributed by atoms with van der Waals surface area (Å²) in [5.41, 5.74) is 0. The molecule has 1 rings (SSSR count). The fourth-order valence-electron chi connectivity index (χ4n) is 1.77. The lowest BCUT2D eigenvalue weighted by molar-refractivity contribution is -0.130. The van der Waals surface area contributed by atoms with E-state index in [1.165, 1.54) is 0 Å². The highest BCUT2D eigenvalue weighted by Gasteiger charge is 2.20. The first-order valence-corrected chi connectivity index (χ1v) is 6.70. The predicted molar refractivity (Wildman–Crippen MR) is 63.1 cm³/mol. The Balaban J connectivity index is 2.26. The predicted octanol–water partition coefficient (Wildman–Crippen LogP) is -0.126. The van der Waals surface area contributed by atoms with Gasteiger partial charge in [-0.05, 0) is 13.2 Å². The Kier molecular flexibility index (Phi) is 5.42. The zero-order chi connectivity index (χ0) is 11.3. The summed E-state index contributed by atoms with van der Waals surface area (Å²) in [5, 5.41) is 9.24. The van der Waals surface area contributed by atoms with E-state index in [4.69, 9.17) is 0 Å². The molecule has 0 aromatic carbocycles. The number of amides is 1. The summed E-state index contributed by atoms with van der Waals surface area (Å²) >= 11 is 1.57. The third-order valence-corrected chi connectivity index (χ3v) is 3.05. The molecule has 88 valence electrons. The zero-order valence-corrected chi connectivity index (χ0v) is 10.3. The molecular formula is C10H20N2O2S. The number of thioether (sulfide) groups is 1. The van der Waals surface area contributed by atoms with Gasteiger partial charge in [-0.3, -0.25) is 9.69 Å². The van der Waals surface area contributed by atoms with Gasteiger partial charge in [0, 0.05) is 32.7 Å². The Hall–Kier alpha value is -0.260. The van der Waals surface area contributed by atoms with Crippen molar-refractivity contribution in [1.29, 1.82) is 0 Å². The van der Waals surface area contributed by atoms with Crippen molar-refractivity contribution >= 4 is 17.7 Å². The molecule has 1 unspecified atom stereocenters. The Morgan fingerprint density at radius 1 is 1.40 bits per heavy atom. The topological polar surface area (TPSA) is 43.8 Å². The average Bonchev–Trinajstić information content (AvgIpc) is 2.18. The molecule has 0 spiro atoms. The molecule has 0 radical (unpaired) electrons. The van der Waals surface area contributed by atoms with Gasteiger partial charge in [-0.25, -0.2) is 0 Å². The van der Waals surface area contributed by atoms with Gasteiger partial charge < -0.3 is 10.0 Å². The first-order chi connectivity index (χ1) is 7.13. The maximum Gasteiger partial charge on any atom is 0.232 e. The SMILES string of the molecule is CSCC(=O)N1CCN(CC(C)O)CC1. The summed E-state index contributed by atoms with van der Waals surface area (Å²) < 4.78 is 0. The van der Waals surface area contributed by atoms with Crippen molar-refractivity contribution in [2.45, 2.75) is 13.0 Å². The molecule has 1 N–H and O–H groups in total. The molecule has 0 aliphatic carbocycles. The molecular weight excluding hydrogens is 212 g/mol. The van der Waals surface area contributed by atoms with E-state index >= 15 is 0 Å². The average molecular weight is 232 g/mol. The molecule has 1 aliphatic heterocycles. The molecule has 1 saturated heterocycles. The number of carbonyl (C=O) groups excluding carboxylic acids is 1. The summed E-state index contributed by atoms with van der Waals surface area (Å²) in [6.45, 7) is 5.87. The van der Waals surface area contributed by atoms with Crippen molar-refractivity contribution in [3.05, 3.63) is 0 Å². The summed E-state index contributed by atoms with van der Waals surface area (Å²) in [7, 11) is 0. The minimum atomic E-state index is -0.279. The van der Waals surface area contributed by atoms with Crippen LogP contribution in [0.1, 0.15) is 6.92 Å². The lowest BCUT2D eigenvalue weighted by atomic mass is 10.3. The summed E-state index contributed by atoms with van der Waals surface area (Å²) in [4.78, 5) is 15.7. The van der Waals surface area contributed by atoms with Crippen molar-refractivity contribution < 1.29 is 9.90 Å². The maximum atomic E-state index is 11.6. The molecule has 1 fully saturated rings. The molecule has 4 nitrogen and oxygen atoms in total. The number of hydrogen-bond acceptors (Lipinski definition) is 4. The Morgan fingerprint density at radius 3 is 2.47 bits per heavy atom. The van der Waals surface area contributed by atoms with Crippen LogP contribution in [-0.4, -0.2) is 71.6 Å². The van der Waals surface area contributed by atoms with Crippen LogP contribution >= 0.6 is 11.8 Å². The fraction of sp³-hybridized carbons (Fsp3) is 0.900. The molecule has 0 saturated carbocycles. The van der Waals surface area contributed by atoms with Gasteiger partial charge in [0.15, 0.2) is 0 Å². The molecule has 0 aromatic rings. The monoisotopic (exact) mass is 232 g/mol. The van der Waals surface area contributed by atoms with Crippen LogP contribution in [0.4, 0.5) is 0 Å². The van der Waals surface area contributed by atoms with Gasteiger partial charge in [0.1, 0.15) is 0 Å². The van der Waals surface area contributed by atoms with E-state index < -0.39 is 0 Å². The fourth-order valence-corrected chi connectivity index (χ4v) is 2.20. The number of β-amino-alcohol motifs (C(OH)–C–C–N with tert-alkyl or cyclic N) is 1. The molecule has 1 heterocycles. The first kappa shape index (κ1) is 12.8. The third kappa shape index (κ3) is 4.40. The van der Waals surface area contributed by atoms with Crippen LogP contribution in [0.2, 0.25) is 0 Å². The molecule has 0 aromatic heterocycles. The van der Waals surface area contributed by atoms with E-state index in [2.05, 4.69) is 4.90 Å². The summed E-state index contributed by atoms with van der Waals surface area (Å²) in [5.74, 6) is 0.815. The largest absolute Gasteiger partial charge is 0.392 e. The van der Waals surface area contributed by atoms with Crippen LogP contribution in [0, 0.1) is 0 Å². The van der Waals surface area contributed by atoms with Gasteiger partial charge in [0.05, 0.1) is 11.9 Å². The minimum Gasteiger partial charge on any atom is -0.392 e. The summed E-state index contributed by atoms with van der Waals surface area (Å²) in [6, 6.07) is 0. The van der Waals surface area contributed by atoms with Gasteiger partial charge in [0.2, 0.25) is 5.91 Å². The Bertz CT molecular complexity index is 204. The Labute approximate surface area is 95.6 Å². The second-order valence-electron chi connectivity index (χ2n) is 3.96. The highest BCUT2D eigenvalue weighted by Crippen LogP contribution is 2.05. The van der Waals surface area contributed by atoms with E-state index in [-0.39, 0.29) is 12.0 Å². The van der Waals surface area contributed by atoms with Gasteiger partial charge in [0.25, 0.3) is 0 Å². The number of piperazine rings is 1. The van der Waals surface area contributed by atoms with E-state index in [1.807, 2.05) is 11.2 Å². The van der Waals surface area contributed by atoms with Crippen molar-refractivity contribution in [3.63, 3.8) is 0 Å². The second kappa shape index (κ2) is 6.35. The van der Waals surface area contributed by atoms with Crippen LogP contribution < -0.4 is 0 Å². The highest BCUT2D eigenvalue weighted by atomic mass is 32.2. The molecule has 5 heteroatoms. The van der Waals surface area contributed by atoms with Gasteiger partial charge >= 0.3 is 0 Å². The highest BCUT2D eigenvalue weighted by molar-refractivity contribution is 7.99. The van der Waals surface area contributed by atoms with E-state index in [1.54, 1.807) is 18.7 Å². The van der Waals surface area contributed by atoms with E-state index in [9.17, 15) is 9.90 Å². The van der Waals surface area contributed by atoms with Crippen LogP contribution in [0.3, 0.4) is 0 Å². The minimum absolute atomic E-state index is 0.235. The van der Waals surface area contributed by atoms with Crippen molar-refractivity contribution in [1.82, 2.24) is 9.80 Å². The number of carbonyl (C=O) groups is 1. The van der Waals surface area contributed by atoms with Crippen LogP contribution in [0.25, 0.3) is 0 Å². The van der Waals surface area contributed by atoms with Crippen LogP contribution in [0.5, 0.6) is 0 Å². The Morgan fingerprint density at radius 2 is 2.00 bits per heavy atom. The molecule has 15 heavy (non-hydrogen) atoms. The summed E-state index contributed by atoms with van der Waals surface area (Å²) in [6.07, 6.45) is 1.67. The quantitative estimate of drug-likeness (QED) is 0.733. The first-order valence-electron chi connectivity index (χ1n) is 5.30. The van der Waals surface area contributed by atoms with Gasteiger partial charge in [-0.2, -0.15) is 11.8 Å². The standard InChI is InChI=1S/C10H20N2O2S/c1-9(13)7-11-3-5-12(6-4-11)10(14)8-15-2/h9,13H,3-8H2,1-2H3. The number of aliphatic hydroxyl groups excluding tert-OH is 1. The van der Waals surface area contributed by atoms with E-state index in [0.29, 0.717) is 12.3 Å². The lowest BCUT2D eigenvalue weighted by Gasteiger charge is -2.35. The van der Waals surface area contributed by atoms with Crippen LogP contribution in [0.15, 0.2) is 0 Å². The zero-order valence-electron chi connectivity index (χ0n) is 9.48. The molecule has 1 aliphatic rings. The smallest absolute Gasteiger partial charge is 0.232 e. The van der Waals surface area contributed by atoms with Gasteiger partial charge in [-0.15, -0.1) is 0 Å². The third-order valence-electron chi connectivity index (χ3n) is 2.52. The lowest BCUT2D eigenvalue weighted by Crippen LogP contribution is -2.50. The number of rotatable bonds is 4. The van der Waals surface area contributed by atoms with Crippen molar-refractivity contribution in [2.24, 2.45) is 0 Å². The normalized spacial score (nSPS) is 20.3. The van der Waals surface area contributed by atoms with Gasteiger partial charge in [-0.1, -0.05) is 0 Å². The number of aliphatic hydroxyl groups is 1. The number of hydrogen-bond donors (Lipinski definition) is 1.